The maximum atomic E-state index is 11.9. The molecule has 0 aliphatic carbocycles. The highest BCUT2D eigenvalue weighted by Gasteiger charge is 2.38. The molecule has 0 radical (unpaired) electrons. The number of ether oxygens (including phenoxy) is 3. The molecule has 6 nitrogen and oxygen atoms in total. The molecule has 2 unspecified atom stereocenters. The highest BCUT2D eigenvalue weighted by Crippen LogP contribution is 2.18. The summed E-state index contributed by atoms with van der Waals surface area (Å²) in [5, 5.41) is 0. The largest absolute Gasteiger partial charge is 0.465 e. The van der Waals surface area contributed by atoms with Crippen molar-refractivity contribution in [1.82, 2.24) is 0 Å². The standard InChI is InChI=1S/C16H18O6/c1-2-20-15(18)12-10-21-14(8-13(12)17)16(19)22-9-11-6-4-3-5-7-11/h3-7,12,14H,2,8-10H2,1H3. The smallest absolute Gasteiger partial charge is 0.336 e. The summed E-state index contributed by atoms with van der Waals surface area (Å²) >= 11 is 0. The Balaban J connectivity index is 1.83. The van der Waals surface area contributed by atoms with Gasteiger partial charge in [0.2, 0.25) is 0 Å². The van der Waals surface area contributed by atoms with Gasteiger partial charge in [-0.05, 0) is 12.5 Å². The van der Waals surface area contributed by atoms with Crippen molar-refractivity contribution in [1.29, 1.82) is 0 Å². The molecule has 0 saturated carbocycles. The molecule has 0 spiro atoms. The summed E-state index contributed by atoms with van der Waals surface area (Å²) in [4.78, 5) is 35.4. The average Bonchev–Trinajstić information content (AvgIpc) is 2.53. The van der Waals surface area contributed by atoms with E-state index in [-0.39, 0.29) is 32.0 Å². The lowest BCUT2D eigenvalue weighted by Gasteiger charge is -2.25. The summed E-state index contributed by atoms with van der Waals surface area (Å²) in [7, 11) is 0. The van der Waals surface area contributed by atoms with E-state index >= 15 is 0 Å². The van der Waals surface area contributed by atoms with Crippen LogP contribution in [0, 0.1) is 5.92 Å². The van der Waals surface area contributed by atoms with E-state index in [1.807, 2.05) is 30.3 Å². The third kappa shape index (κ3) is 4.14. The van der Waals surface area contributed by atoms with Crippen molar-refractivity contribution in [2.24, 2.45) is 5.92 Å². The van der Waals surface area contributed by atoms with Crippen molar-refractivity contribution in [2.75, 3.05) is 13.2 Å². The topological polar surface area (TPSA) is 78.9 Å². The molecule has 0 bridgehead atoms. The summed E-state index contributed by atoms with van der Waals surface area (Å²) in [6.07, 6.45) is -1.13. The second-order valence-electron chi connectivity index (χ2n) is 4.89. The predicted octanol–water partition coefficient (Wildman–Crippen LogP) is 1.27. The molecule has 6 heteroatoms. The van der Waals surface area contributed by atoms with Gasteiger partial charge in [0.1, 0.15) is 12.5 Å². The van der Waals surface area contributed by atoms with Gasteiger partial charge >= 0.3 is 11.9 Å². The molecule has 118 valence electrons. The van der Waals surface area contributed by atoms with Gasteiger partial charge in [0.05, 0.1) is 13.2 Å². The first-order chi connectivity index (χ1) is 10.6. The van der Waals surface area contributed by atoms with E-state index in [1.165, 1.54) is 0 Å². The van der Waals surface area contributed by atoms with Crippen LogP contribution >= 0.6 is 0 Å². The van der Waals surface area contributed by atoms with Crippen LogP contribution in [-0.2, 0) is 35.2 Å². The number of Topliss-reactive ketones (excluding diaryl/α,β-unsaturated/α-hetero) is 1. The Morgan fingerprint density at radius 3 is 2.55 bits per heavy atom. The lowest BCUT2D eigenvalue weighted by molar-refractivity contribution is -0.173. The summed E-state index contributed by atoms with van der Waals surface area (Å²) < 4.78 is 15.2. The van der Waals surface area contributed by atoms with Crippen LogP contribution < -0.4 is 0 Å². The molecule has 1 saturated heterocycles. The normalized spacial score (nSPS) is 21.2. The number of carbonyl (C=O) groups is 3. The monoisotopic (exact) mass is 306 g/mol. The Bertz CT molecular complexity index is 539. The van der Waals surface area contributed by atoms with Gasteiger partial charge in [-0.2, -0.15) is 0 Å². The number of hydrogen-bond acceptors (Lipinski definition) is 6. The van der Waals surface area contributed by atoms with E-state index < -0.39 is 24.0 Å². The van der Waals surface area contributed by atoms with E-state index in [0.717, 1.165) is 5.56 Å². The van der Waals surface area contributed by atoms with Crippen LogP contribution in [0.2, 0.25) is 0 Å². The molecule has 1 aliphatic heterocycles. The van der Waals surface area contributed by atoms with Gasteiger partial charge in [0.25, 0.3) is 0 Å². The van der Waals surface area contributed by atoms with E-state index in [9.17, 15) is 14.4 Å². The molecule has 22 heavy (non-hydrogen) atoms. The minimum absolute atomic E-state index is 0.120. The molecule has 2 atom stereocenters. The number of benzene rings is 1. The quantitative estimate of drug-likeness (QED) is 0.602. The lowest BCUT2D eigenvalue weighted by atomic mass is 9.97. The summed E-state index contributed by atoms with van der Waals surface area (Å²) in [6.45, 7) is 1.83. The maximum Gasteiger partial charge on any atom is 0.336 e. The van der Waals surface area contributed by atoms with Gasteiger partial charge in [-0.1, -0.05) is 30.3 Å². The van der Waals surface area contributed by atoms with Crippen LogP contribution in [0.5, 0.6) is 0 Å². The van der Waals surface area contributed by atoms with Crippen LogP contribution in [0.1, 0.15) is 18.9 Å². The van der Waals surface area contributed by atoms with Crippen LogP contribution in [0.25, 0.3) is 0 Å². The minimum Gasteiger partial charge on any atom is -0.465 e. The van der Waals surface area contributed by atoms with Crippen LogP contribution in [0.3, 0.4) is 0 Å². The van der Waals surface area contributed by atoms with Crippen LogP contribution in [-0.4, -0.2) is 37.0 Å². The molecule has 0 N–H and O–H groups in total. The Morgan fingerprint density at radius 2 is 1.91 bits per heavy atom. The summed E-state index contributed by atoms with van der Waals surface area (Å²) in [5.74, 6) is -2.51. The Kier molecular flexibility index (Phi) is 5.66. The maximum absolute atomic E-state index is 11.9. The van der Waals surface area contributed by atoms with Crippen LogP contribution in [0.4, 0.5) is 0 Å². The van der Waals surface area contributed by atoms with E-state index in [1.54, 1.807) is 6.92 Å². The zero-order valence-corrected chi connectivity index (χ0v) is 12.3. The van der Waals surface area contributed by atoms with E-state index in [4.69, 9.17) is 14.2 Å². The van der Waals surface area contributed by atoms with E-state index in [2.05, 4.69) is 0 Å². The van der Waals surface area contributed by atoms with Crippen molar-refractivity contribution >= 4 is 17.7 Å². The number of hydrogen-bond donors (Lipinski definition) is 0. The highest BCUT2D eigenvalue weighted by molar-refractivity contribution is 6.01. The number of carbonyl (C=O) groups excluding carboxylic acids is 3. The fourth-order valence-corrected chi connectivity index (χ4v) is 2.10. The summed E-state index contributed by atoms with van der Waals surface area (Å²) in [5.41, 5.74) is 0.849. The molecular formula is C16H18O6. The zero-order valence-electron chi connectivity index (χ0n) is 12.3. The third-order valence-corrected chi connectivity index (χ3v) is 3.30. The SMILES string of the molecule is CCOC(=O)C1COC(C(=O)OCc2ccccc2)CC1=O. The van der Waals surface area contributed by atoms with Crippen molar-refractivity contribution in [3.8, 4) is 0 Å². The molecule has 2 rings (SSSR count). The molecule has 0 aromatic heterocycles. The van der Waals surface area contributed by atoms with Crippen molar-refractivity contribution < 1.29 is 28.6 Å². The molecule has 1 heterocycles. The fraction of sp³-hybridized carbons (Fsp3) is 0.438. The Hall–Kier alpha value is -2.21. The van der Waals surface area contributed by atoms with Gasteiger partial charge in [0, 0.05) is 6.42 Å². The number of rotatable bonds is 5. The first kappa shape index (κ1) is 16.2. The van der Waals surface area contributed by atoms with Crippen LogP contribution in [0.15, 0.2) is 30.3 Å². The molecule has 1 aromatic rings. The molecule has 1 aliphatic rings. The van der Waals surface area contributed by atoms with Gasteiger partial charge in [-0.25, -0.2) is 4.79 Å². The first-order valence-corrected chi connectivity index (χ1v) is 7.13. The minimum atomic E-state index is -0.957. The van der Waals surface area contributed by atoms with Gasteiger partial charge in [-0.3, -0.25) is 9.59 Å². The lowest BCUT2D eigenvalue weighted by Crippen LogP contribution is -2.42. The zero-order chi connectivity index (χ0) is 15.9. The fourth-order valence-electron chi connectivity index (χ4n) is 2.10. The Labute approximate surface area is 128 Å². The second-order valence-corrected chi connectivity index (χ2v) is 4.89. The highest BCUT2D eigenvalue weighted by atomic mass is 16.6. The Morgan fingerprint density at radius 1 is 1.18 bits per heavy atom. The van der Waals surface area contributed by atoms with Crippen molar-refractivity contribution in [2.45, 2.75) is 26.1 Å². The number of esters is 2. The van der Waals surface area contributed by atoms with E-state index in [0.29, 0.717) is 0 Å². The molecule has 0 amide bonds. The van der Waals surface area contributed by atoms with Crippen molar-refractivity contribution in [3.05, 3.63) is 35.9 Å². The molecule has 1 fully saturated rings. The third-order valence-electron chi connectivity index (χ3n) is 3.30. The van der Waals surface area contributed by atoms with Gasteiger partial charge in [0.15, 0.2) is 11.9 Å². The van der Waals surface area contributed by atoms with Crippen molar-refractivity contribution in [3.63, 3.8) is 0 Å². The second kappa shape index (κ2) is 7.70. The average molecular weight is 306 g/mol. The molecular weight excluding hydrogens is 288 g/mol. The number of ketones is 1. The summed E-state index contributed by atoms with van der Waals surface area (Å²) in [6, 6.07) is 9.21. The first-order valence-electron chi connectivity index (χ1n) is 7.13. The molecule has 1 aromatic carbocycles. The predicted molar refractivity (Wildman–Crippen MR) is 75.7 cm³/mol. The van der Waals surface area contributed by atoms with Gasteiger partial charge in [-0.15, -0.1) is 0 Å². The van der Waals surface area contributed by atoms with Gasteiger partial charge < -0.3 is 14.2 Å².